The van der Waals surface area contributed by atoms with Gasteiger partial charge in [0, 0.05) is 17.3 Å². The lowest BCUT2D eigenvalue weighted by molar-refractivity contribution is 0.342. The van der Waals surface area contributed by atoms with Crippen molar-refractivity contribution in [3.8, 4) is 5.75 Å². The number of nitrogens with two attached hydrogens (primary N) is 1. The van der Waals surface area contributed by atoms with Gasteiger partial charge in [-0.05, 0) is 51.7 Å². The lowest BCUT2D eigenvalue weighted by atomic mass is 9.98. The second-order valence-corrected chi connectivity index (χ2v) is 5.31. The van der Waals surface area contributed by atoms with Crippen LogP contribution in [0.4, 0.5) is 11.4 Å². The summed E-state index contributed by atoms with van der Waals surface area (Å²) in [7, 11) is 0. The molecule has 1 aromatic carbocycles. The second kappa shape index (κ2) is 4.47. The molecule has 0 heterocycles. The Morgan fingerprint density at radius 2 is 2.12 bits per heavy atom. The normalized spacial score (nSPS) is 15.7. The third-order valence-electron chi connectivity index (χ3n) is 3.38. The zero-order valence-electron chi connectivity index (χ0n) is 10.9. The molecule has 1 aromatic rings. The number of rotatable bonds is 5. The molecular formula is C14H22N2O. The molecular weight excluding hydrogens is 212 g/mol. The first-order valence-corrected chi connectivity index (χ1v) is 6.33. The molecule has 0 unspecified atom stereocenters. The van der Waals surface area contributed by atoms with Crippen LogP contribution >= 0.6 is 0 Å². The standard InChI is InChI=1S/C14H22N2O/c1-4-17-13-9-11(7-8-12(13)15)16-14(2,3)10-5-6-10/h7-10,16H,4-6,15H2,1-3H3. The number of hydrogen-bond donors (Lipinski definition) is 2. The van der Waals surface area contributed by atoms with E-state index in [1.807, 2.05) is 25.1 Å². The molecule has 1 aliphatic carbocycles. The van der Waals surface area contributed by atoms with Gasteiger partial charge in [0.1, 0.15) is 5.75 Å². The summed E-state index contributed by atoms with van der Waals surface area (Å²) in [6.45, 7) is 7.11. The van der Waals surface area contributed by atoms with Crippen molar-refractivity contribution >= 4 is 11.4 Å². The van der Waals surface area contributed by atoms with E-state index in [0.29, 0.717) is 12.3 Å². The zero-order valence-corrected chi connectivity index (χ0v) is 10.9. The summed E-state index contributed by atoms with van der Waals surface area (Å²) in [5.41, 5.74) is 7.79. The molecule has 3 N–H and O–H groups in total. The highest BCUT2D eigenvalue weighted by Gasteiger charge is 2.37. The lowest BCUT2D eigenvalue weighted by Gasteiger charge is -2.28. The first-order valence-electron chi connectivity index (χ1n) is 6.33. The second-order valence-electron chi connectivity index (χ2n) is 5.31. The molecule has 0 spiro atoms. The molecule has 17 heavy (non-hydrogen) atoms. The van der Waals surface area contributed by atoms with Gasteiger partial charge in [0.05, 0.1) is 12.3 Å². The lowest BCUT2D eigenvalue weighted by Crippen LogP contribution is -2.33. The van der Waals surface area contributed by atoms with Crippen LogP contribution in [0.5, 0.6) is 5.75 Å². The first-order chi connectivity index (χ1) is 8.03. The minimum Gasteiger partial charge on any atom is -0.492 e. The van der Waals surface area contributed by atoms with E-state index in [2.05, 4.69) is 19.2 Å². The van der Waals surface area contributed by atoms with E-state index in [0.717, 1.165) is 17.4 Å². The summed E-state index contributed by atoms with van der Waals surface area (Å²) in [6.07, 6.45) is 2.65. The van der Waals surface area contributed by atoms with Gasteiger partial charge < -0.3 is 15.8 Å². The highest BCUT2D eigenvalue weighted by atomic mass is 16.5. The Hall–Kier alpha value is -1.38. The molecule has 1 aliphatic rings. The molecule has 1 fully saturated rings. The molecule has 0 bridgehead atoms. The van der Waals surface area contributed by atoms with Crippen LogP contribution in [-0.2, 0) is 0 Å². The number of nitrogen functional groups attached to an aromatic ring is 1. The SMILES string of the molecule is CCOc1cc(NC(C)(C)C2CC2)ccc1N. The Labute approximate surface area is 103 Å². The van der Waals surface area contributed by atoms with Crippen LogP contribution in [0.15, 0.2) is 18.2 Å². The highest BCUT2D eigenvalue weighted by molar-refractivity contribution is 5.62. The Kier molecular flexibility index (Phi) is 3.18. The third kappa shape index (κ3) is 2.84. The zero-order chi connectivity index (χ0) is 12.5. The van der Waals surface area contributed by atoms with Crippen molar-refractivity contribution in [3.05, 3.63) is 18.2 Å². The van der Waals surface area contributed by atoms with Crippen molar-refractivity contribution in [1.82, 2.24) is 0 Å². The van der Waals surface area contributed by atoms with Crippen LogP contribution in [0.2, 0.25) is 0 Å². The van der Waals surface area contributed by atoms with E-state index < -0.39 is 0 Å². The third-order valence-corrected chi connectivity index (χ3v) is 3.38. The maximum absolute atomic E-state index is 5.86. The fourth-order valence-electron chi connectivity index (χ4n) is 2.17. The maximum atomic E-state index is 5.86. The molecule has 94 valence electrons. The predicted molar refractivity (Wildman–Crippen MR) is 72.4 cm³/mol. The van der Waals surface area contributed by atoms with Gasteiger partial charge in [-0.2, -0.15) is 0 Å². The summed E-state index contributed by atoms with van der Waals surface area (Å²) >= 11 is 0. The average Bonchev–Trinajstić information content (AvgIpc) is 3.06. The van der Waals surface area contributed by atoms with Gasteiger partial charge in [-0.25, -0.2) is 0 Å². The van der Waals surface area contributed by atoms with E-state index in [4.69, 9.17) is 10.5 Å². The van der Waals surface area contributed by atoms with Crippen LogP contribution in [0.1, 0.15) is 33.6 Å². The van der Waals surface area contributed by atoms with Gasteiger partial charge >= 0.3 is 0 Å². The number of benzene rings is 1. The largest absolute Gasteiger partial charge is 0.492 e. The van der Waals surface area contributed by atoms with E-state index in [-0.39, 0.29) is 5.54 Å². The van der Waals surface area contributed by atoms with Crippen LogP contribution in [0.25, 0.3) is 0 Å². The number of hydrogen-bond acceptors (Lipinski definition) is 3. The maximum Gasteiger partial charge on any atom is 0.144 e. The van der Waals surface area contributed by atoms with Crippen LogP contribution in [0, 0.1) is 5.92 Å². The van der Waals surface area contributed by atoms with Crippen molar-refractivity contribution in [2.24, 2.45) is 5.92 Å². The molecule has 0 atom stereocenters. The van der Waals surface area contributed by atoms with Gasteiger partial charge in [-0.15, -0.1) is 0 Å². The van der Waals surface area contributed by atoms with Crippen molar-refractivity contribution in [2.45, 2.75) is 39.2 Å². The van der Waals surface area contributed by atoms with Crippen molar-refractivity contribution in [2.75, 3.05) is 17.7 Å². The Morgan fingerprint density at radius 1 is 1.41 bits per heavy atom. The van der Waals surface area contributed by atoms with Gasteiger partial charge in [-0.3, -0.25) is 0 Å². The van der Waals surface area contributed by atoms with Crippen LogP contribution in [-0.4, -0.2) is 12.1 Å². The van der Waals surface area contributed by atoms with Crippen molar-refractivity contribution in [1.29, 1.82) is 0 Å². The van der Waals surface area contributed by atoms with Gasteiger partial charge in [0.15, 0.2) is 0 Å². The molecule has 0 aromatic heterocycles. The quantitative estimate of drug-likeness (QED) is 0.769. The fraction of sp³-hybridized carbons (Fsp3) is 0.571. The number of ether oxygens (including phenoxy) is 1. The summed E-state index contributed by atoms with van der Waals surface area (Å²) < 4.78 is 5.50. The van der Waals surface area contributed by atoms with E-state index in [1.165, 1.54) is 12.8 Å². The summed E-state index contributed by atoms with van der Waals surface area (Å²) in [5, 5.41) is 3.57. The smallest absolute Gasteiger partial charge is 0.144 e. The van der Waals surface area contributed by atoms with Gasteiger partial charge in [-0.1, -0.05) is 0 Å². The average molecular weight is 234 g/mol. The molecule has 0 radical (unpaired) electrons. The fourth-order valence-corrected chi connectivity index (χ4v) is 2.17. The molecule has 3 heteroatoms. The Balaban J connectivity index is 2.12. The predicted octanol–water partition coefficient (Wildman–Crippen LogP) is 3.27. The Bertz CT molecular complexity index is 397. The monoisotopic (exact) mass is 234 g/mol. The molecule has 0 amide bonds. The number of nitrogens with one attached hydrogen (secondary N) is 1. The molecule has 0 aliphatic heterocycles. The minimum absolute atomic E-state index is 0.152. The first kappa shape index (κ1) is 12.1. The van der Waals surface area contributed by atoms with Crippen molar-refractivity contribution < 1.29 is 4.74 Å². The van der Waals surface area contributed by atoms with E-state index >= 15 is 0 Å². The summed E-state index contributed by atoms with van der Waals surface area (Å²) in [6, 6.07) is 5.90. The molecule has 0 saturated heterocycles. The number of anilines is 2. The minimum atomic E-state index is 0.152. The van der Waals surface area contributed by atoms with Crippen LogP contribution < -0.4 is 15.8 Å². The van der Waals surface area contributed by atoms with Gasteiger partial charge in [0.2, 0.25) is 0 Å². The summed E-state index contributed by atoms with van der Waals surface area (Å²) in [5.74, 6) is 1.56. The Morgan fingerprint density at radius 3 is 2.71 bits per heavy atom. The highest BCUT2D eigenvalue weighted by Crippen LogP contribution is 2.41. The van der Waals surface area contributed by atoms with Crippen LogP contribution in [0.3, 0.4) is 0 Å². The topological polar surface area (TPSA) is 47.3 Å². The van der Waals surface area contributed by atoms with Crippen molar-refractivity contribution in [3.63, 3.8) is 0 Å². The van der Waals surface area contributed by atoms with E-state index in [1.54, 1.807) is 0 Å². The molecule has 2 rings (SSSR count). The van der Waals surface area contributed by atoms with E-state index in [9.17, 15) is 0 Å². The molecule has 3 nitrogen and oxygen atoms in total. The summed E-state index contributed by atoms with van der Waals surface area (Å²) in [4.78, 5) is 0. The molecule has 1 saturated carbocycles. The van der Waals surface area contributed by atoms with Gasteiger partial charge in [0.25, 0.3) is 0 Å².